The van der Waals surface area contributed by atoms with Gasteiger partial charge in [0.1, 0.15) is 5.69 Å². The number of amides is 1. The molecule has 2 N–H and O–H groups in total. The van der Waals surface area contributed by atoms with Crippen molar-refractivity contribution in [2.75, 3.05) is 18.5 Å². The number of ether oxygens (including phenoxy) is 1. The van der Waals surface area contributed by atoms with Crippen LogP contribution in [0.5, 0.6) is 0 Å². The summed E-state index contributed by atoms with van der Waals surface area (Å²) in [6, 6.07) is 6.85. The van der Waals surface area contributed by atoms with E-state index in [0.717, 1.165) is 19.4 Å². The van der Waals surface area contributed by atoms with Crippen molar-refractivity contribution >= 4 is 40.7 Å². The van der Waals surface area contributed by atoms with Crippen LogP contribution in [-0.2, 0) is 4.74 Å². The Morgan fingerprint density at radius 3 is 2.96 bits per heavy atom. The second-order valence-electron chi connectivity index (χ2n) is 5.79. The van der Waals surface area contributed by atoms with Crippen LogP contribution >= 0.6 is 23.2 Å². The quantitative estimate of drug-likeness (QED) is 0.825. The number of hydrogen-bond acceptors (Lipinski definition) is 5. The lowest BCUT2D eigenvalue weighted by Crippen LogP contribution is -2.32. The van der Waals surface area contributed by atoms with E-state index in [0.29, 0.717) is 28.0 Å². The third-order valence-corrected chi connectivity index (χ3v) is 4.62. The number of carbonyl (C=O) groups is 1. The van der Waals surface area contributed by atoms with Crippen LogP contribution in [-0.4, -0.2) is 35.1 Å². The van der Waals surface area contributed by atoms with Gasteiger partial charge in [0.2, 0.25) is 5.95 Å². The van der Waals surface area contributed by atoms with Gasteiger partial charge in [0.25, 0.3) is 5.91 Å². The summed E-state index contributed by atoms with van der Waals surface area (Å²) in [6.45, 7) is 3.02. The second kappa shape index (κ2) is 7.99. The molecule has 0 radical (unpaired) electrons. The summed E-state index contributed by atoms with van der Waals surface area (Å²) < 4.78 is 5.50. The van der Waals surface area contributed by atoms with Gasteiger partial charge in [-0.3, -0.25) is 4.79 Å². The molecule has 1 atom stereocenters. The number of hydrogen-bond donors (Lipinski definition) is 2. The fourth-order valence-electron chi connectivity index (χ4n) is 2.56. The summed E-state index contributed by atoms with van der Waals surface area (Å²) in [4.78, 5) is 20.9. The van der Waals surface area contributed by atoms with Crippen LogP contribution in [0.1, 0.15) is 29.0 Å². The second-order valence-corrected chi connectivity index (χ2v) is 6.57. The maximum atomic E-state index is 12.3. The predicted octanol–water partition coefficient (Wildman–Crippen LogP) is 3.74. The Hall–Kier alpha value is -1.89. The summed E-state index contributed by atoms with van der Waals surface area (Å²) in [5, 5.41) is 6.65. The van der Waals surface area contributed by atoms with Gasteiger partial charge < -0.3 is 15.4 Å². The Morgan fingerprint density at radius 2 is 2.20 bits per heavy atom. The number of aromatic nitrogens is 2. The maximum Gasteiger partial charge on any atom is 0.270 e. The fraction of sp³-hybridized carbons (Fsp3) is 0.353. The fourth-order valence-corrected chi connectivity index (χ4v) is 2.91. The van der Waals surface area contributed by atoms with E-state index in [1.807, 2.05) is 0 Å². The van der Waals surface area contributed by atoms with Gasteiger partial charge in [0.05, 0.1) is 21.8 Å². The molecule has 1 fully saturated rings. The molecular weight excluding hydrogens is 363 g/mol. The van der Waals surface area contributed by atoms with Crippen molar-refractivity contribution in [2.45, 2.75) is 25.9 Å². The average molecular weight is 381 g/mol. The Labute approximate surface area is 155 Å². The van der Waals surface area contributed by atoms with E-state index in [-0.39, 0.29) is 23.7 Å². The highest BCUT2D eigenvalue weighted by Gasteiger charge is 2.18. The Bertz CT molecular complexity index is 779. The van der Waals surface area contributed by atoms with E-state index >= 15 is 0 Å². The van der Waals surface area contributed by atoms with Crippen molar-refractivity contribution in [3.63, 3.8) is 0 Å². The molecule has 8 heteroatoms. The monoisotopic (exact) mass is 380 g/mol. The number of benzene rings is 1. The molecule has 1 unspecified atom stereocenters. The minimum atomic E-state index is -0.263. The first kappa shape index (κ1) is 17.9. The lowest BCUT2D eigenvalue weighted by molar-refractivity contribution is 0.0853. The van der Waals surface area contributed by atoms with E-state index in [2.05, 4.69) is 20.6 Å². The van der Waals surface area contributed by atoms with Crippen molar-refractivity contribution < 1.29 is 9.53 Å². The summed E-state index contributed by atoms with van der Waals surface area (Å²) in [7, 11) is 0. The van der Waals surface area contributed by atoms with Gasteiger partial charge in [-0.2, -0.15) is 0 Å². The van der Waals surface area contributed by atoms with E-state index in [1.165, 1.54) is 0 Å². The molecule has 2 aromatic rings. The Kier molecular flexibility index (Phi) is 5.73. The SMILES string of the molecule is Cc1cc(C(=O)NCC2CCCO2)nc(Nc2cccc(Cl)c2Cl)n1. The van der Waals surface area contributed by atoms with Crippen molar-refractivity contribution in [3.8, 4) is 0 Å². The summed E-state index contributed by atoms with van der Waals surface area (Å²) in [5.74, 6) is 0.0210. The van der Waals surface area contributed by atoms with Gasteiger partial charge >= 0.3 is 0 Å². The van der Waals surface area contributed by atoms with Gasteiger partial charge in [-0.1, -0.05) is 29.3 Å². The van der Waals surface area contributed by atoms with E-state index < -0.39 is 0 Å². The molecule has 1 aromatic carbocycles. The number of halogens is 2. The van der Waals surface area contributed by atoms with Gasteiger partial charge in [0.15, 0.2) is 0 Å². The highest BCUT2D eigenvalue weighted by atomic mass is 35.5. The molecule has 0 spiro atoms. The maximum absolute atomic E-state index is 12.3. The van der Waals surface area contributed by atoms with E-state index in [9.17, 15) is 4.79 Å². The molecule has 1 aromatic heterocycles. The first-order chi connectivity index (χ1) is 12.0. The zero-order chi connectivity index (χ0) is 17.8. The van der Waals surface area contributed by atoms with Crippen molar-refractivity contribution in [3.05, 3.63) is 45.7 Å². The molecule has 6 nitrogen and oxygen atoms in total. The molecule has 2 heterocycles. The number of nitrogens with one attached hydrogen (secondary N) is 2. The third kappa shape index (κ3) is 4.60. The number of nitrogens with zero attached hydrogens (tertiary/aromatic N) is 2. The van der Waals surface area contributed by atoms with Crippen LogP contribution in [0, 0.1) is 6.92 Å². The van der Waals surface area contributed by atoms with Gasteiger partial charge in [0, 0.05) is 18.8 Å². The average Bonchev–Trinajstić information content (AvgIpc) is 3.10. The zero-order valence-corrected chi connectivity index (χ0v) is 15.2. The summed E-state index contributed by atoms with van der Waals surface area (Å²) in [5.41, 5.74) is 1.52. The molecule has 0 saturated carbocycles. The minimum absolute atomic E-state index is 0.0785. The molecule has 132 valence electrons. The van der Waals surface area contributed by atoms with Gasteiger partial charge in [-0.05, 0) is 38.0 Å². The Morgan fingerprint density at radius 1 is 1.36 bits per heavy atom. The largest absolute Gasteiger partial charge is 0.376 e. The van der Waals surface area contributed by atoms with Crippen molar-refractivity contribution in [1.82, 2.24) is 15.3 Å². The van der Waals surface area contributed by atoms with Crippen LogP contribution in [0.15, 0.2) is 24.3 Å². The van der Waals surface area contributed by atoms with Gasteiger partial charge in [-0.25, -0.2) is 9.97 Å². The van der Waals surface area contributed by atoms with Crippen molar-refractivity contribution in [2.24, 2.45) is 0 Å². The lowest BCUT2D eigenvalue weighted by atomic mass is 10.2. The topological polar surface area (TPSA) is 76.1 Å². The summed E-state index contributed by atoms with van der Waals surface area (Å²) >= 11 is 12.2. The van der Waals surface area contributed by atoms with Crippen molar-refractivity contribution in [1.29, 1.82) is 0 Å². The van der Waals surface area contributed by atoms with E-state index in [1.54, 1.807) is 31.2 Å². The van der Waals surface area contributed by atoms with Crippen LogP contribution in [0.2, 0.25) is 10.0 Å². The molecule has 0 aliphatic carbocycles. The molecule has 1 aliphatic heterocycles. The molecule has 3 rings (SSSR count). The summed E-state index contributed by atoms with van der Waals surface area (Å²) in [6.07, 6.45) is 2.07. The highest BCUT2D eigenvalue weighted by Crippen LogP contribution is 2.31. The number of rotatable bonds is 5. The third-order valence-electron chi connectivity index (χ3n) is 3.80. The number of aryl methyl sites for hydroxylation is 1. The Balaban J connectivity index is 1.73. The zero-order valence-electron chi connectivity index (χ0n) is 13.7. The lowest BCUT2D eigenvalue weighted by Gasteiger charge is -2.12. The van der Waals surface area contributed by atoms with Crippen LogP contribution in [0.25, 0.3) is 0 Å². The number of anilines is 2. The smallest absolute Gasteiger partial charge is 0.270 e. The molecular formula is C17H18Cl2N4O2. The molecule has 1 aliphatic rings. The van der Waals surface area contributed by atoms with Crippen LogP contribution < -0.4 is 10.6 Å². The molecule has 1 amide bonds. The molecule has 0 bridgehead atoms. The minimum Gasteiger partial charge on any atom is -0.376 e. The highest BCUT2D eigenvalue weighted by molar-refractivity contribution is 6.43. The number of carbonyl (C=O) groups excluding carboxylic acids is 1. The van der Waals surface area contributed by atoms with E-state index in [4.69, 9.17) is 27.9 Å². The normalized spacial score (nSPS) is 16.7. The first-order valence-corrected chi connectivity index (χ1v) is 8.75. The molecule has 25 heavy (non-hydrogen) atoms. The van der Waals surface area contributed by atoms with Gasteiger partial charge in [-0.15, -0.1) is 0 Å². The van der Waals surface area contributed by atoms with Crippen LogP contribution in [0.4, 0.5) is 11.6 Å². The first-order valence-electron chi connectivity index (χ1n) is 7.99. The predicted molar refractivity (Wildman–Crippen MR) is 97.8 cm³/mol. The standard InChI is InChI=1S/C17H18Cl2N4O2/c1-10-8-14(16(24)20-9-11-4-3-7-25-11)23-17(21-10)22-13-6-2-5-12(18)15(13)19/h2,5-6,8,11H,3-4,7,9H2,1H3,(H,20,24)(H,21,22,23). The molecule has 1 saturated heterocycles. The van der Waals surface area contributed by atoms with Crippen LogP contribution in [0.3, 0.4) is 0 Å².